The van der Waals surface area contributed by atoms with Gasteiger partial charge >= 0.3 is 0 Å². The summed E-state index contributed by atoms with van der Waals surface area (Å²) in [7, 11) is 1.45. The molecule has 0 saturated carbocycles. The summed E-state index contributed by atoms with van der Waals surface area (Å²) in [6.45, 7) is 0.434. The van der Waals surface area contributed by atoms with Crippen LogP contribution in [-0.2, 0) is 20.9 Å². The molecule has 0 aromatic heterocycles. The van der Waals surface area contributed by atoms with E-state index in [2.05, 4.69) is 5.32 Å². The lowest BCUT2D eigenvalue weighted by molar-refractivity contribution is -0.147. The van der Waals surface area contributed by atoms with Crippen LogP contribution in [0.25, 0.3) is 0 Å². The Morgan fingerprint density at radius 1 is 1.23 bits per heavy atom. The van der Waals surface area contributed by atoms with Crippen LogP contribution in [0.3, 0.4) is 0 Å². The van der Waals surface area contributed by atoms with Crippen molar-refractivity contribution in [2.75, 3.05) is 26.9 Å². The number of carbonyl (C=O) groups is 3. The van der Waals surface area contributed by atoms with Crippen molar-refractivity contribution in [2.45, 2.75) is 49.7 Å². The number of methoxy groups -OCH3 is 1. The number of aliphatic hydroxyl groups excluding tert-OH is 2. The fourth-order valence-electron chi connectivity index (χ4n) is 5.63. The van der Waals surface area contributed by atoms with Crippen molar-refractivity contribution in [3.63, 3.8) is 0 Å². The number of ether oxygens (including phenoxy) is 3. The van der Waals surface area contributed by atoms with Crippen LogP contribution in [-0.4, -0.2) is 84.4 Å². The highest BCUT2D eigenvalue weighted by Crippen LogP contribution is 2.51. The summed E-state index contributed by atoms with van der Waals surface area (Å²) in [4.78, 5) is 40.4. The molecule has 5 atom stereocenters. The molecule has 1 aliphatic carbocycles. The standard InChI is InChI=1S/C29H32N2O8/c1-37-23-13-18(16-33)12-19-24-20(28(35)30-9-10-32)14-21(25(34)27(24)39-26(19)23)31(15-17-6-3-2-4-7-17)29(36)22-8-5-11-38-22/h2-4,6-7,12-14,16,21-22,24-25,27,32,34H,5,8-11,15H2,1H3,(H,30,35)/t21-,22?,24+,25+,27+/m1/s1. The van der Waals surface area contributed by atoms with E-state index < -0.39 is 36.2 Å². The number of rotatable bonds is 9. The average Bonchev–Trinajstić information content (AvgIpc) is 3.64. The van der Waals surface area contributed by atoms with Crippen molar-refractivity contribution in [1.29, 1.82) is 0 Å². The molecule has 3 N–H and O–H groups in total. The Balaban J connectivity index is 1.60. The molecule has 0 spiro atoms. The molecule has 1 fully saturated rings. The van der Waals surface area contributed by atoms with E-state index in [-0.39, 0.29) is 31.2 Å². The second-order valence-corrected chi connectivity index (χ2v) is 9.86. The van der Waals surface area contributed by atoms with Gasteiger partial charge in [-0.1, -0.05) is 30.3 Å². The van der Waals surface area contributed by atoms with E-state index in [1.165, 1.54) is 13.2 Å². The van der Waals surface area contributed by atoms with Gasteiger partial charge in [0, 0.05) is 36.4 Å². The van der Waals surface area contributed by atoms with E-state index in [0.717, 1.165) is 12.0 Å². The van der Waals surface area contributed by atoms with Gasteiger partial charge in [-0.2, -0.15) is 0 Å². The van der Waals surface area contributed by atoms with Crippen LogP contribution in [0.4, 0.5) is 0 Å². The van der Waals surface area contributed by atoms with Crippen LogP contribution < -0.4 is 14.8 Å². The van der Waals surface area contributed by atoms with Gasteiger partial charge in [0.05, 0.1) is 25.7 Å². The summed E-state index contributed by atoms with van der Waals surface area (Å²) in [6.07, 6.45) is 0.819. The first-order chi connectivity index (χ1) is 19.0. The Kier molecular flexibility index (Phi) is 7.97. The number of fused-ring (bicyclic) bond motifs is 3. The van der Waals surface area contributed by atoms with Gasteiger partial charge in [-0.3, -0.25) is 14.4 Å². The van der Waals surface area contributed by atoms with Gasteiger partial charge in [-0.25, -0.2) is 0 Å². The predicted octanol–water partition coefficient (Wildman–Crippen LogP) is 1.34. The van der Waals surface area contributed by atoms with Crippen molar-refractivity contribution in [1.82, 2.24) is 10.2 Å². The molecule has 39 heavy (non-hydrogen) atoms. The zero-order valence-corrected chi connectivity index (χ0v) is 21.6. The molecular weight excluding hydrogens is 504 g/mol. The number of carbonyl (C=O) groups excluding carboxylic acids is 3. The fourth-order valence-corrected chi connectivity index (χ4v) is 5.63. The Morgan fingerprint density at radius 3 is 2.69 bits per heavy atom. The minimum atomic E-state index is -1.21. The molecule has 206 valence electrons. The largest absolute Gasteiger partial charge is 0.493 e. The fraction of sp³-hybridized carbons (Fsp3) is 0.414. The summed E-state index contributed by atoms with van der Waals surface area (Å²) in [6, 6.07) is 11.6. The molecule has 10 nitrogen and oxygen atoms in total. The Labute approximate surface area is 226 Å². The normalized spacial score (nSPS) is 25.1. The molecule has 1 unspecified atom stereocenters. The quantitative estimate of drug-likeness (QED) is 0.409. The van der Waals surface area contributed by atoms with Crippen molar-refractivity contribution in [2.24, 2.45) is 0 Å². The third-order valence-electron chi connectivity index (χ3n) is 7.45. The minimum absolute atomic E-state index is 0.0226. The molecule has 1 saturated heterocycles. The third-order valence-corrected chi connectivity index (χ3v) is 7.45. The SMILES string of the molecule is COc1cc(C=O)cc2c1O[C@@H]1[C@@H](O)[C@H](N(Cc3ccccc3)C(=O)C3CCCO3)C=C(C(=O)NCCO)[C@H]21. The number of aldehydes is 1. The van der Waals surface area contributed by atoms with Crippen LogP contribution in [0.2, 0.25) is 0 Å². The van der Waals surface area contributed by atoms with Gasteiger partial charge in [0.2, 0.25) is 5.91 Å². The van der Waals surface area contributed by atoms with E-state index >= 15 is 0 Å². The maximum atomic E-state index is 13.8. The van der Waals surface area contributed by atoms with E-state index in [0.29, 0.717) is 41.9 Å². The van der Waals surface area contributed by atoms with Crippen LogP contribution in [0.5, 0.6) is 11.5 Å². The molecule has 2 heterocycles. The van der Waals surface area contributed by atoms with E-state index in [4.69, 9.17) is 14.2 Å². The average molecular weight is 537 g/mol. The number of nitrogens with zero attached hydrogens (tertiary/aromatic N) is 1. The molecule has 2 aromatic rings. The molecule has 0 radical (unpaired) electrons. The zero-order chi connectivity index (χ0) is 27.5. The minimum Gasteiger partial charge on any atom is -0.493 e. The third kappa shape index (κ3) is 5.15. The van der Waals surface area contributed by atoms with Gasteiger partial charge in [0.15, 0.2) is 11.5 Å². The summed E-state index contributed by atoms with van der Waals surface area (Å²) in [5.41, 5.74) is 1.99. The van der Waals surface area contributed by atoms with Crippen LogP contribution in [0.1, 0.15) is 40.2 Å². The lowest BCUT2D eigenvalue weighted by atomic mass is 9.77. The molecular formula is C29H32N2O8. The van der Waals surface area contributed by atoms with Crippen molar-refractivity contribution in [3.8, 4) is 11.5 Å². The van der Waals surface area contributed by atoms with E-state index in [1.54, 1.807) is 17.0 Å². The smallest absolute Gasteiger partial charge is 0.252 e. The lowest BCUT2D eigenvalue weighted by Gasteiger charge is -2.41. The van der Waals surface area contributed by atoms with Crippen LogP contribution in [0, 0.1) is 0 Å². The number of aliphatic hydroxyl groups is 2. The lowest BCUT2D eigenvalue weighted by Crippen LogP contribution is -2.57. The molecule has 2 aliphatic heterocycles. The molecule has 0 bridgehead atoms. The summed E-state index contributed by atoms with van der Waals surface area (Å²) >= 11 is 0. The van der Waals surface area contributed by atoms with Gasteiger partial charge in [0.1, 0.15) is 24.6 Å². The number of hydrogen-bond acceptors (Lipinski definition) is 8. The summed E-state index contributed by atoms with van der Waals surface area (Å²) in [5, 5.41) is 23.7. The highest BCUT2D eigenvalue weighted by molar-refractivity contribution is 5.96. The monoisotopic (exact) mass is 536 g/mol. The molecule has 10 heteroatoms. The van der Waals surface area contributed by atoms with Crippen LogP contribution >= 0.6 is 0 Å². The highest BCUT2D eigenvalue weighted by atomic mass is 16.5. The zero-order valence-electron chi connectivity index (χ0n) is 21.6. The van der Waals surface area contributed by atoms with Gasteiger partial charge in [0.25, 0.3) is 5.91 Å². The van der Waals surface area contributed by atoms with Crippen LogP contribution in [0.15, 0.2) is 54.1 Å². The summed E-state index contributed by atoms with van der Waals surface area (Å²) in [5.74, 6) is -0.832. The molecule has 5 rings (SSSR count). The number of benzene rings is 2. The Bertz CT molecular complexity index is 1260. The molecule has 2 amide bonds. The molecule has 3 aliphatic rings. The molecule has 2 aromatic carbocycles. The first-order valence-corrected chi connectivity index (χ1v) is 13.1. The first kappa shape index (κ1) is 26.9. The van der Waals surface area contributed by atoms with E-state index in [9.17, 15) is 24.6 Å². The van der Waals surface area contributed by atoms with Gasteiger partial charge < -0.3 is 34.6 Å². The van der Waals surface area contributed by atoms with Crippen molar-refractivity contribution < 1.29 is 38.8 Å². The first-order valence-electron chi connectivity index (χ1n) is 13.1. The maximum absolute atomic E-state index is 13.8. The van der Waals surface area contributed by atoms with Crippen molar-refractivity contribution in [3.05, 3.63) is 70.8 Å². The number of amides is 2. The number of nitrogens with one attached hydrogen (secondary N) is 1. The topological polar surface area (TPSA) is 135 Å². The summed E-state index contributed by atoms with van der Waals surface area (Å²) < 4.78 is 17.4. The Morgan fingerprint density at radius 2 is 2.03 bits per heavy atom. The number of hydrogen-bond donors (Lipinski definition) is 3. The van der Waals surface area contributed by atoms with Gasteiger partial charge in [-0.05, 0) is 36.6 Å². The highest BCUT2D eigenvalue weighted by Gasteiger charge is 2.52. The Hall–Kier alpha value is -3.73. The second-order valence-electron chi connectivity index (χ2n) is 9.86. The maximum Gasteiger partial charge on any atom is 0.252 e. The second kappa shape index (κ2) is 11.6. The van der Waals surface area contributed by atoms with Crippen molar-refractivity contribution >= 4 is 18.1 Å². The predicted molar refractivity (Wildman–Crippen MR) is 139 cm³/mol. The van der Waals surface area contributed by atoms with E-state index in [1.807, 2.05) is 30.3 Å². The van der Waals surface area contributed by atoms with Gasteiger partial charge in [-0.15, -0.1) is 0 Å².